The quantitative estimate of drug-likeness (QED) is 0.466. The Morgan fingerprint density at radius 2 is 2.17 bits per heavy atom. The van der Waals surface area contributed by atoms with Gasteiger partial charge in [0.05, 0.1) is 18.0 Å². The summed E-state index contributed by atoms with van der Waals surface area (Å²) in [5, 5.41) is 24.0. The van der Waals surface area contributed by atoms with Crippen molar-refractivity contribution in [2.75, 3.05) is 31.2 Å². The van der Waals surface area contributed by atoms with Gasteiger partial charge >= 0.3 is 0 Å². The molecule has 0 saturated heterocycles. The zero-order valence-electron chi connectivity index (χ0n) is 10.5. The average molecular weight is 253 g/mol. The van der Waals surface area contributed by atoms with Crippen LogP contribution < -0.4 is 16.4 Å². The van der Waals surface area contributed by atoms with Gasteiger partial charge in [-0.05, 0) is 25.1 Å². The van der Waals surface area contributed by atoms with E-state index in [1.165, 1.54) is 6.92 Å². The molecule has 1 aromatic rings. The lowest BCUT2D eigenvalue weighted by molar-refractivity contribution is 0.0132. The van der Waals surface area contributed by atoms with Gasteiger partial charge in [-0.1, -0.05) is 0 Å². The van der Waals surface area contributed by atoms with Crippen molar-refractivity contribution in [1.82, 2.24) is 5.32 Å². The highest BCUT2D eigenvalue weighted by Gasteiger charge is 2.18. The van der Waals surface area contributed by atoms with Crippen molar-refractivity contribution in [2.45, 2.75) is 12.5 Å². The van der Waals surface area contributed by atoms with E-state index < -0.39 is 5.60 Å². The van der Waals surface area contributed by atoms with E-state index in [9.17, 15) is 9.90 Å². The Balaban J connectivity index is 2.77. The molecule has 6 heteroatoms. The number of rotatable bonds is 5. The number of carbonyl (C=O) groups is 1. The van der Waals surface area contributed by atoms with E-state index in [-0.39, 0.29) is 19.1 Å². The van der Waals surface area contributed by atoms with Crippen molar-refractivity contribution in [1.29, 1.82) is 0 Å². The van der Waals surface area contributed by atoms with Gasteiger partial charge in [0.25, 0.3) is 5.91 Å². The Hall–Kier alpha value is -1.79. The first-order chi connectivity index (χ1) is 8.39. The molecule has 1 rings (SSSR count). The predicted molar refractivity (Wildman–Crippen MR) is 70.4 cm³/mol. The van der Waals surface area contributed by atoms with Crippen LogP contribution in [0.5, 0.6) is 0 Å². The molecule has 1 unspecified atom stereocenters. The highest BCUT2D eigenvalue weighted by Crippen LogP contribution is 2.20. The molecule has 6 nitrogen and oxygen atoms in total. The molecule has 0 bridgehead atoms. The lowest BCUT2D eigenvalue weighted by Gasteiger charge is -2.22. The lowest BCUT2D eigenvalue weighted by atomic mass is 10.1. The van der Waals surface area contributed by atoms with E-state index in [1.807, 2.05) is 0 Å². The monoisotopic (exact) mass is 253 g/mol. The Kier molecular flexibility index (Phi) is 4.52. The summed E-state index contributed by atoms with van der Waals surface area (Å²) in [6, 6.07) is 4.84. The SMILES string of the molecule is CNC(=O)c1ccc(NCC(C)(O)CO)c(N)c1. The molecule has 1 aromatic carbocycles. The second-order valence-electron chi connectivity index (χ2n) is 4.39. The third-order valence-electron chi connectivity index (χ3n) is 2.54. The van der Waals surface area contributed by atoms with Crippen molar-refractivity contribution in [3.05, 3.63) is 23.8 Å². The average Bonchev–Trinajstić information content (AvgIpc) is 2.36. The maximum absolute atomic E-state index is 11.4. The van der Waals surface area contributed by atoms with Crippen LogP contribution >= 0.6 is 0 Å². The van der Waals surface area contributed by atoms with E-state index >= 15 is 0 Å². The molecule has 18 heavy (non-hydrogen) atoms. The van der Waals surface area contributed by atoms with Crippen LogP contribution in [-0.2, 0) is 0 Å². The van der Waals surface area contributed by atoms with Crippen molar-refractivity contribution in [3.63, 3.8) is 0 Å². The first-order valence-electron chi connectivity index (χ1n) is 5.58. The third kappa shape index (κ3) is 3.61. The molecule has 0 aliphatic carbocycles. The van der Waals surface area contributed by atoms with Gasteiger partial charge in [0.1, 0.15) is 5.60 Å². The number of hydrogen-bond acceptors (Lipinski definition) is 5. The van der Waals surface area contributed by atoms with Crippen LogP contribution in [0, 0.1) is 0 Å². The molecule has 6 N–H and O–H groups in total. The van der Waals surface area contributed by atoms with Crippen molar-refractivity contribution in [2.24, 2.45) is 0 Å². The van der Waals surface area contributed by atoms with Gasteiger partial charge in [-0.3, -0.25) is 4.79 Å². The number of anilines is 2. The number of carbonyl (C=O) groups excluding carboxylic acids is 1. The fourth-order valence-electron chi connectivity index (χ4n) is 1.35. The first kappa shape index (κ1) is 14.3. The van der Waals surface area contributed by atoms with E-state index in [2.05, 4.69) is 10.6 Å². The Labute approximate surface area is 106 Å². The highest BCUT2D eigenvalue weighted by atomic mass is 16.3. The van der Waals surface area contributed by atoms with Gasteiger partial charge in [0.2, 0.25) is 0 Å². The Morgan fingerprint density at radius 3 is 2.67 bits per heavy atom. The van der Waals surface area contributed by atoms with Crippen LogP contribution in [0.3, 0.4) is 0 Å². The van der Waals surface area contributed by atoms with Crippen molar-refractivity contribution >= 4 is 17.3 Å². The van der Waals surface area contributed by atoms with Crippen LogP contribution in [0.25, 0.3) is 0 Å². The first-order valence-corrected chi connectivity index (χ1v) is 5.58. The third-order valence-corrected chi connectivity index (χ3v) is 2.54. The fourth-order valence-corrected chi connectivity index (χ4v) is 1.35. The van der Waals surface area contributed by atoms with E-state index in [4.69, 9.17) is 10.8 Å². The largest absolute Gasteiger partial charge is 0.397 e. The minimum Gasteiger partial charge on any atom is -0.397 e. The molecular formula is C12H19N3O3. The minimum absolute atomic E-state index is 0.160. The number of amides is 1. The molecule has 100 valence electrons. The summed E-state index contributed by atoms with van der Waals surface area (Å²) in [4.78, 5) is 11.4. The van der Waals surface area contributed by atoms with Gasteiger partial charge in [-0.15, -0.1) is 0 Å². The molecule has 0 spiro atoms. The number of benzene rings is 1. The summed E-state index contributed by atoms with van der Waals surface area (Å²) in [6.45, 7) is 1.32. The second kappa shape index (κ2) is 5.70. The molecule has 0 aliphatic heterocycles. The van der Waals surface area contributed by atoms with Crippen LogP contribution in [0.15, 0.2) is 18.2 Å². The molecule has 1 amide bonds. The molecule has 1 atom stereocenters. The van der Waals surface area contributed by atoms with Gasteiger partial charge in [0.15, 0.2) is 0 Å². The molecule has 0 radical (unpaired) electrons. The number of hydrogen-bond donors (Lipinski definition) is 5. The van der Waals surface area contributed by atoms with Gasteiger partial charge < -0.3 is 26.6 Å². The molecule has 0 aliphatic rings. The second-order valence-corrected chi connectivity index (χ2v) is 4.39. The van der Waals surface area contributed by atoms with Crippen molar-refractivity contribution < 1.29 is 15.0 Å². The number of aliphatic hydroxyl groups is 2. The standard InChI is InChI=1S/C12H19N3O3/c1-12(18,7-16)6-15-10-4-3-8(5-9(10)13)11(17)14-2/h3-5,15-16,18H,6-7,13H2,1-2H3,(H,14,17). The normalized spacial score (nSPS) is 13.8. The summed E-state index contributed by atoms with van der Waals surface area (Å²) in [6.07, 6.45) is 0. The van der Waals surface area contributed by atoms with Crippen LogP contribution in [0.4, 0.5) is 11.4 Å². The summed E-state index contributed by atoms with van der Waals surface area (Å²) < 4.78 is 0. The van der Waals surface area contributed by atoms with Crippen LogP contribution in [-0.4, -0.2) is 41.9 Å². The number of nitrogens with one attached hydrogen (secondary N) is 2. The maximum Gasteiger partial charge on any atom is 0.251 e. The highest BCUT2D eigenvalue weighted by molar-refractivity contribution is 5.95. The summed E-state index contributed by atoms with van der Waals surface area (Å²) >= 11 is 0. The van der Waals surface area contributed by atoms with Crippen LogP contribution in [0.1, 0.15) is 17.3 Å². The van der Waals surface area contributed by atoms with Crippen molar-refractivity contribution in [3.8, 4) is 0 Å². The number of nitrogen functional groups attached to an aromatic ring is 1. The maximum atomic E-state index is 11.4. The summed E-state index contributed by atoms with van der Waals surface area (Å²) in [7, 11) is 1.54. The van der Waals surface area contributed by atoms with Gasteiger partial charge in [0, 0.05) is 19.2 Å². The molecule has 0 fully saturated rings. The van der Waals surface area contributed by atoms with Gasteiger partial charge in [-0.25, -0.2) is 0 Å². The minimum atomic E-state index is -1.22. The summed E-state index contributed by atoms with van der Waals surface area (Å²) in [5.74, 6) is -0.212. The van der Waals surface area contributed by atoms with Crippen LogP contribution in [0.2, 0.25) is 0 Å². The number of nitrogens with two attached hydrogens (primary N) is 1. The van der Waals surface area contributed by atoms with E-state index in [0.717, 1.165) is 0 Å². The smallest absolute Gasteiger partial charge is 0.251 e. The zero-order valence-corrected chi connectivity index (χ0v) is 10.5. The molecular weight excluding hydrogens is 234 g/mol. The summed E-state index contributed by atoms with van der Waals surface area (Å²) in [5.41, 5.74) is 6.06. The molecule has 0 aromatic heterocycles. The molecule has 0 saturated carbocycles. The van der Waals surface area contributed by atoms with E-state index in [1.54, 1.807) is 25.2 Å². The predicted octanol–water partition coefficient (Wildman–Crippen LogP) is -0.216. The Morgan fingerprint density at radius 1 is 1.50 bits per heavy atom. The van der Waals surface area contributed by atoms with E-state index in [0.29, 0.717) is 16.9 Å². The van der Waals surface area contributed by atoms with Gasteiger partial charge in [-0.2, -0.15) is 0 Å². The topological polar surface area (TPSA) is 108 Å². The number of aliphatic hydroxyl groups excluding tert-OH is 1. The zero-order chi connectivity index (χ0) is 13.8. The Bertz CT molecular complexity index is 433. The molecule has 0 heterocycles. The fraction of sp³-hybridized carbons (Fsp3) is 0.417. The lowest BCUT2D eigenvalue weighted by Crippen LogP contribution is -2.37.